The van der Waals surface area contributed by atoms with Gasteiger partial charge >= 0.3 is 0 Å². The molecule has 1 N–H and O–H groups in total. The van der Waals surface area contributed by atoms with Crippen LogP contribution in [0.5, 0.6) is 0 Å². The number of sulfonamides is 1. The summed E-state index contributed by atoms with van der Waals surface area (Å²) in [7, 11) is -3.20. The van der Waals surface area contributed by atoms with E-state index in [1.165, 1.54) is 4.31 Å². The summed E-state index contributed by atoms with van der Waals surface area (Å²) in [6.45, 7) is 5.27. The van der Waals surface area contributed by atoms with Gasteiger partial charge in [-0.3, -0.25) is 4.79 Å². The summed E-state index contributed by atoms with van der Waals surface area (Å²) < 4.78 is 25.8. The molecule has 1 amide bonds. The highest BCUT2D eigenvalue weighted by molar-refractivity contribution is 7.89. The normalized spacial score (nSPS) is 18.0. The summed E-state index contributed by atoms with van der Waals surface area (Å²) in [6, 6.07) is 9.78. The van der Waals surface area contributed by atoms with E-state index in [1.807, 2.05) is 30.3 Å². The lowest BCUT2D eigenvalue weighted by atomic mass is 9.72. The zero-order chi connectivity index (χ0) is 18.3. The zero-order valence-corrected chi connectivity index (χ0v) is 16.1. The predicted molar refractivity (Wildman–Crippen MR) is 101 cm³/mol. The Hall–Kier alpha value is -1.40. The number of hydrogen-bond donors (Lipinski definition) is 1. The average Bonchev–Trinajstić information content (AvgIpc) is 2.65. The van der Waals surface area contributed by atoms with E-state index in [4.69, 9.17) is 0 Å². The highest BCUT2D eigenvalue weighted by atomic mass is 32.2. The van der Waals surface area contributed by atoms with Crippen molar-refractivity contribution in [2.75, 3.05) is 25.4 Å². The van der Waals surface area contributed by atoms with Gasteiger partial charge < -0.3 is 5.32 Å². The van der Waals surface area contributed by atoms with Crippen LogP contribution in [0.25, 0.3) is 0 Å². The molecule has 0 aromatic heterocycles. The van der Waals surface area contributed by atoms with Gasteiger partial charge in [0.15, 0.2) is 0 Å². The molecule has 1 fully saturated rings. The Bertz CT molecular complexity index is 651. The zero-order valence-electron chi connectivity index (χ0n) is 15.3. The maximum absolute atomic E-state index is 13.0. The quantitative estimate of drug-likeness (QED) is 0.719. The van der Waals surface area contributed by atoms with Crippen molar-refractivity contribution in [2.45, 2.75) is 51.4 Å². The van der Waals surface area contributed by atoms with E-state index in [0.29, 0.717) is 32.5 Å². The van der Waals surface area contributed by atoms with Crippen molar-refractivity contribution in [1.82, 2.24) is 9.62 Å². The molecule has 6 heteroatoms. The number of carbonyl (C=O) groups excluding carboxylic acids is 1. The van der Waals surface area contributed by atoms with Gasteiger partial charge in [0, 0.05) is 19.6 Å². The predicted octanol–water partition coefficient (Wildman–Crippen LogP) is 2.68. The molecule has 1 aliphatic heterocycles. The molecule has 1 aromatic carbocycles. The van der Waals surface area contributed by atoms with Crippen LogP contribution in [0.3, 0.4) is 0 Å². The van der Waals surface area contributed by atoms with Crippen molar-refractivity contribution >= 4 is 15.9 Å². The molecule has 0 aliphatic carbocycles. The molecule has 0 spiro atoms. The molecule has 25 heavy (non-hydrogen) atoms. The molecular weight excluding hydrogens is 336 g/mol. The molecule has 1 aliphatic rings. The Labute approximate surface area is 151 Å². The Kier molecular flexibility index (Phi) is 7.02. The highest BCUT2D eigenvalue weighted by Gasteiger charge is 2.44. The van der Waals surface area contributed by atoms with Crippen molar-refractivity contribution in [3.05, 3.63) is 35.9 Å². The van der Waals surface area contributed by atoms with Crippen LogP contribution in [0.15, 0.2) is 30.3 Å². The number of carbonyl (C=O) groups is 1. The Morgan fingerprint density at radius 2 is 1.76 bits per heavy atom. The van der Waals surface area contributed by atoms with Crippen molar-refractivity contribution in [3.8, 4) is 0 Å². The maximum Gasteiger partial charge on any atom is 0.230 e. The van der Waals surface area contributed by atoms with Crippen LogP contribution in [0, 0.1) is 0 Å². The first-order chi connectivity index (χ1) is 12.0. The van der Waals surface area contributed by atoms with Crippen molar-refractivity contribution in [1.29, 1.82) is 0 Å². The topological polar surface area (TPSA) is 66.5 Å². The summed E-state index contributed by atoms with van der Waals surface area (Å²) >= 11 is 0. The van der Waals surface area contributed by atoms with Crippen molar-refractivity contribution in [2.24, 2.45) is 0 Å². The van der Waals surface area contributed by atoms with Crippen molar-refractivity contribution in [3.63, 3.8) is 0 Å². The van der Waals surface area contributed by atoms with E-state index >= 15 is 0 Å². The van der Waals surface area contributed by atoms with Crippen LogP contribution < -0.4 is 5.32 Å². The third-order valence-corrected chi connectivity index (χ3v) is 7.04. The van der Waals surface area contributed by atoms with Gasteiger partial charge in [0.2, 0.25) is 15.9 Å². The Morgan fingerprint density at radius 3 is 2.32 bits per heavy atom. The molecule has 0 saturated carbocycles. The van der Waals surface area contributed by atoms with Gasteiger partial charge in [-0.25, -0.2) is 12.7 Å². The van der Waals surface area contributed by atoms with Crippen LogP contribution in [0.1, 0.15) is 51.5 Å². The second-order valence-electron chi connectivity index (χ2n) is 6.71. The monoisotopic (exact) mass is 366 g/mol. The number of hydrogen-bond acceptors (Lipinski definition) is 3. The van der Waals surface area contributed by atoms with Gasteiger partial charge in [-0.1, -0.05) is 50.1 Å². The molecule has 1 heterocycles. The van der Waals surface area contributed by atoms with E-state index < -0.39 is 15.4 Å². The number of rotatable bonds is 8. The molecule has 0 unspecified atom stereocenters. The minimum absolute atomic E-state index is 0.0309. The van der Waals surface area contributed by atoms with Gasteiger partial charge in [0.05, 0.1) is 11.2 Å². The van der Waals surface area contributed by atoms with E-state index in [9.17, 15) is 13.2 Å². The molecule has 1 saturated heterocycles. The van der Waals surface area contributed by atoms with Gasteiger partial charge in [-0.15, -0.1) is 0 Å². The summed E-state index contributed by atoms with van der Waals surface area (Å²) in [5.74, 6) is 0.137. The molecule has 1 aromatic rings. The van der Waals surface area contributed by atoms with Crippen LogP contribution in [-0.2, 0) is 20.2 Å². The fourth-order valence-corrected chi connectivity index (χ4v) is 4.58. The van der Waals surface area contributed by atoms with Crippen LogP contribution in [0.4, 0.5) is 0 Å². The molecule has 0 atom stereocenters. The lowest BCUT2D eigenvalue weighted by Gasteiger charge is -2.40. The summed E-state index contributed by atoms with van der Waals surface area (Å²) in [6.07, 6.45) is 4.24. The first kappa shape index (κ1) is 19.9. The molecule has 5 nitrogen and oxygen atoms in total. The molecule has 140 valence electrons. The van der Waals surface area contributed by atoms with Crippen molar-refractivity contribution < 1.29 is 13.2 Å². The largest absolute Gasteiger partial charge is 0.355 e. The molecule has 0 bridgehead atoms. The van der Waals surface area contributed by atoms with Gasteiger partial charge in [0.25, 0.3) is 0 Å². The number of benzene rings is 1. The van der Waals surface area contributed by atoms with Gasteiger partial charge in [-0.2, -0.15) is 0 Å². The third-order valence-electron chi connectivity index (χ3n) is 5.16. The number of unbranched alkanes of at least 4 members (excludes halogenated alkanes) is 2. The van der Waals surface area contributed by atoms with Gasteiger partial charge in [-0.05, 0) is 31.7 Å². The summed E-state index contributed by atoms with van der Waals surface area (Å²) in [5, 5.41) is 3.09. The van der Waals surface area contributed by atoms with E-state index in [1.54, 1.807) is 6.92 Å². The SMILES string of the molecule is CCCCCNC(=O)C1(c2ccccc2)CCN(S(=O)(=O)CC)CC1. The molecule has 2 rings (SSSR count). The second-order valence-corrected chi connectivity index (χ2v) is 8.97. The minimum atomic E-state index is -3.20. The van der Waals surface area contributed by atoms with E-state index in [2.05, 4.69) is 12.2 Å². The van der Waals surface area contributed by atoms with Gasteiger partial charge in [0.1, 0.15) is 0 Å². The lowest BCUT2D eigenvalue weighted by molar-refractivity contribution is -0.128. The van der Waals surface area contributed by atoms with Crippen LogP contribution in [0.2, 0.25) is 0 Å². The Balaban J connectivity index is 2.17. The lowest BCUT2D eigenvalue weighted by Crippen LogP contribution is -2.53. The molecule has 0 radical (unpaired) electrons. The van der Waals surface area contributed by atoms with E-state index in [-0.39, 0.29) is 11.7 Å². The number of nitrogens with one attached hydrogen (secondary N) is 1. The first-order valence-electron chi connectivity index (χ1n) is 9.28. The van der Waals surface area contributed by atoms with Crippen LogP contribution >= 0.6 is 0 Å². The fraction of sp³-hybridized carbons (Fsp3) is 0.632. The van der Waals surface area contributed by atoms with E-state index in [0.717, 1.165) is 24.8 Å². The number of amides is 1. The third kappa shape index (κ3) is 4.61. The fourth-order valence-electron chi connectivity index (χ4n) is 3.48. The van der Waals surface area contributed by atoms with Crippen LogP contribution in [-0.4, -0.2) is 44.0 Å². The standard InChI is InChI=1S/C19H30N2O3S/c1-3-5-9-14-20-18(22)19(17-10-7-6-8-11-17)12-15-21(16-13-19)25(23,24)4-2/h6-8,10-11H,3-5,9,12-16H2,1-2H3,(H,20,22). The number of piperidine rings is 1. The summed E-state index contributed by atoms with van der Waals surface area (Å²) in [5.41, 5.74) is 0.351. The highest BCUT2D eigenvalue weighted by Crippen LogP contribution is 2.36. The first-order valence-corrected chi connectivity index (χ1v) is 10.9. The molecular formula is C19H30N2O3S. The number of nitrogens with zero attached hydrogens (tertiary/aromatic N) is 1. The minimum Gasteiger partial charge on any atom is -0.355 e. The average molecular weight is 367 g/mol. The maximum atomic E-state index is 13.0. The Morgan fingerprint density at radius 1 is 1.12 bits per heavy atom. The smallest absolute Gasteiger partial charge is 0.230 e. The second kappa shape index (κ2) is 8.81. The summed E-state index contributed by atoms with van der Waals surface area (Å²) in [4.78, 5) is 13.0.